The van der Waals surface area contributed by atoms with Crippen LogP contribution in [0.4, 0.5) is 5.69 Å². The summed E-state index contributed by atoms with van der Waals surface area (Å²) in [5.74, 6) is 0.0875. The summed E-state index contributed by atoms with van der Waals surface area (Å²) < 4.78 is 0. The molecular weight excluding hydrogens is 254 g/mol. The van der Waals surface area contributed by atoms with Crippen LogP contribution in [0.15, 0.2) is 48.5 Å². The van der Waals surface area contributed by atoms with Crippen LogP contribution in [0.1, 0.15) is 16.7 Å². The van der Waals surface area contributed by atoms with Gasteiger partial charge < -0.3 is 0 Å². The molecule has 0 spiro atoms. The number of nitrogens with zero attached hydrogens (tertiary/aromatic N) is 1. The van der Waals surface area contributed by atoms with Crippen molar-refractivity contribution in [3.63, 3.8) is 0 Å². The van der Waals surface area contributed by atoms with Gasteiger partial charge in [-0.25, -0.2) is 0 Å². The van der Waals surface area contributed by atoms with E-state index in [0.29, 0.717) is 12.0 Å². The number of non-ortho nitro benzene ring substituents is 1. The summed E-state index contributed by atoms with van der Waals surface area (Å²) >= 11 is 0. The summed E-state index contributed by atoms with van der Waals surface area (Å²) in [5, 5.41) is 10.6. The maximum Gasteiger partial charge on any atom is 0.269 e. The molecule has 1 aliphatic rings. The molecule has 0 aromatic heterocycles. The molecule has 0 saturated carbocycles. The molecule has 0 unspecified atom stereocenters. The third-order valence-electron chi connectivity index (χ3n) is 3.37. The van der Waals surface area contributed by atoms with Crippen molar-refractivity contribution in [3.05, 3.63) is 75.3 Å². The zero-order valence-corrected chi connectivity index (χ0v) is 10.6. The average molecular weight is 265 g/mol. The molecule has 2 aromatic rings. The fourth-order valence-electron chi connectivity index (χ4n) is 2.37. The van der Waals surface area contributed by atoms with Gasteiger partial charge in [0.25, 0.3) is 5.69 Å². The second-order valence-electron chi connectivity index (χ2n) is 4.66. The van der Waals surface area contributed by atoms with E-state index >= 15 is 0 Å². The fraction of sp³-hybridized carbons (Fsp3) is 0.0625. The number of allylic oxidation sites excluding steroid dienone is 1. The minimum atomic E-state index is -0.438. The van der Waals surface area contributed by atoms with Gasteiger partial charge in [0.1, 0.15) is 0 Å². The third-order valence-corrected chi connectivity index (χ3v) is 3.37. The predicted molar refractivity (Wildman–Crippen MR) is 76.1 cm³/mol. The number of nitro groups is 1. The zero-order chi connectivity index (χ0) is 14.1. The summed E-state index contributed by atoms with van der Waals surface area (Å²) in [7, 11) is 0. The van der Waals surface area contributed by atoms with E-state index < -0.39 is 4.92 Å². The summed E-state index contributed by atoms with van der Waals surface area (Å²) in [5.41, 5.74) is 3.50. The Hall–Kier alpha value is -2.75. The lowest BCUT2D eigenvalue weighted by Gasteiger charge is -2.00. The lowest BCUT2D eigenvalue weighted by atomic mass is 10.0. The molecule has 4 nitrogen and oxygen atoms in total. The highest BCUT2D eigenvalue weighted by Gasteiger charge is 2.23. The normalized spacial score (nSPS) is 15.4. The summed E-state index contributed by atoms with van der Waals surface area (Å²) in [4.78, 5) is 22.2. The first-order valence-electron chi connectivity index (χ1n) is 6.23. The lowest BCUT2D eigenvalue weighted by Crippen LogP contribution is -1.93. The second kappa shape index (κ2) is 4.74. The smallest absolute Gasteiger partial charge is 0.269 e. The van der Waals surface area contributed by atoms with Gasteiger partial charge in [-0.05, 0) is 34.9 Å². The monoisotopic (exact) mass is 265 g/mol. The molecule has 0 amide bonds. The summed E-state index contributed by atoms with van der Waals surface area (Å²) in [6.07, 6.45) is 2.22. The molecule has 0 saturated heterocycles. The first-order valence-corrected chi connectivity index (χ1v) is 6.23. The number of rotatable bonds is 2. The van der Waals surface area contributed by atoms with Gasteiger partial charge in [0, 0.05) is 24.1 Å². The molecular formula is C16H11NO3. The molecule has 0 radical (unpaired) electrons. The van der Waals surface area contributed by atoms with E-state index in [-0.39, 0.29) is 11.5 Å². The van der Waals surface area contributed by atoms with Crippen molar-refractivity contribution < 1.29 is 9.72 Å². The number of hydrogen-bond acceptors (Lipinski definition) is 3. The highest BCUT2D eigenvalue weighted by atomic mass is 16.6. The average Bonchev–Trinajstić information content (AvgIpc) is 2.76. The number of Topliss-reactive ketones (excluding diaryl/α,β-unsaturated/α-hetero) is 1. The van der Waals surface area contributed by atoms with Gasteiger partial charge in [0.2, 0.25) is 0 Å². The number of ketones is 1. The van der Waals surface area contributed by atoms with Crippen LogP contribution in [0, 0.1) is 10.1 Å². The largest absolute Gasteiger partial charge is 0.294 e. The van der Waals surface area contributed by atoms with Crippen LogP contribution in [-0.4, -0.2) is 10.7 Å². The van der Waals surface area contributed by atoms with Crippen LogP contribution in [0.2, 0.25) is 0 Å². The van der Waals surface area contributed by atoms with Crippen LogP contribution in [-0.2, 0) is 11.2 Å². The molecule has 4 heteroatoms. The number of benzene rings is 2. The van der Waals surface area contributed by atoms with Gasteiger partial charge in [0.15, 0.2) is 5.78 Å². The molecule has 1 aliphatic carbocycles. The Morgan fingerprint density at radius 1 is 1.05 bits per heavy atom. The fourth-order valence-corrected chi connectivity index (χ4v) is 2.37. The SMILES string of the molecule is O=C1Cc2ccccc2C1=Cc1ccc([N+](=O)[O-])cc1. The van der Waals surface area contributed by atoms with Crippen LogP contribution in [0.3, 0.4) is 0 Å². The van der Waals surface area contributed by atoms with Crippen molar-refractivity contribution in [3.8, 4) is 0 Å². The van der Waals surface area contributed by atoms with Crippen molar-refractivity contribution in [2.45, 2.75) is 6.42 Å². The van der Waals surface area contributed by atoms with Crippen molar-refractivity contribution in [1.29, 1.82) is 0 Å². The summed E-state index contributed by atoms with van der Waals surface area (Å²) in [6, 6.07) is 13.9. The molecule has 98 valence electrons. The number of nitro benzene ring substituents is 1. The molecule has 0 heterocycles. The first-order chi connectivity index (χ1) is 9.65. The number of carbonyl (C=O) groups is 1. The minimum Gasteiger partial charge on any atom is -0.294 e. The molecule has 2 aromatic carbocycles. The topological polar surface area (TPSA) is 60.2 Å². The molecule has 0 aliphatic heterocycles. The molecule has 20 heavy (non-hydrogen) atoms. The second-order valence-corrected chi connectivity index (χ2v) is 4.66. The van der Waals surface area contributed by atoms with E-state index in [1.165, 1.54) is 12.1 Å². The quantitative estimate of drug-likeness (QED) is 0.475. The van der Waals surface area contributed by atoms with Crippen LogP contribution >= 0.6 is 0 Å². The summed E-state index contributed by atoms with van der Waals surface area (Å²) in [6.45, 7) is 0. The van der Waals surface area contributed by atoms with Crippen LogP contribution in [0.25, 0.3) is 11.6 Å². The van der Waals surface area contributed by atoms with Crippen molar-refractivity contribution in [2.75, 3.05) is 0 Å². The molecule has 0 bridgehead atoms. The highest BCUT2D eigenvalue weighted by molar-refractivity contribution is 6.29. The number of fused-ring (bicyclic) bond motifs is 1. The number of hydrogen-bond donors (Lipinski definition) is 0. The Bertz CT molecular complexity index is 730. The van der Waals surface area contributed by atoms with E-state index in [9.17, 15) is 14.9 Å². The minimum absolute atomic E-state index is 0.0466. The van der Waals surface area contributed by atoms with E-state index in [1.807, 2.05) is 24.3 Å². The van der Waals surface area contributed by atoms with E-state index in [4.69, 9.17) is 0 Å². The molecule has 0 atom stereocenters. The molecule has 0 fully saturated rings. The molecule has 0 N–H and O–H groups in total. The van der Waals surface area contributed by atoms with E-state index in [0.717, 1.165) is 16.7 Å². The van der Waals surface area contributed by atoms with Gasteiger partial charge >= 0.3 is 0 Å². The molecule has 3 rings (SSSR count). The van der Waals surface area contributed by atoms with E-state index in [1.54, 1.807) is 18.2 Å². The Morgan fingerprint density at radius 2 is 1.75 bits per heavy atom. The van der Waals surface area contributed by atoms with Gasteiger partial charge in [-0.1, -0.05) is 24.3 Å². The zero-order valence-electron chi connectivity index (χ0n) is 10.6. The maximum atomic E-state index is 12.0. The van der Waals surface area contributed by atoms with Gasteiger partial charge in [0.05, 0.1) is 4.92 Å². The van der Waals surface area contributed by atoms with Crippen molar-refractivity contribution in [1.82, 2.24) is 0 Å². The number of carbonyl (C=O) groups excluding carboxylic acids is 1. The van der Waals surface area contributed by atoms with Gasteiger partial charge in [-0.3, -0.25) is 14.9 Å². The van der Waals surface area contributed by atoms with Gasteiger partial charge in [-0.15, -0.1) is 0 Å². The van der Waals surface area contributed by atoms with Crippen LogP contribution < -0.4 is 0 Å². The Morgan fingerprint density at radius 3 is 2.45 bits per heavy atom. The van der Waals surface area contributed by atoms with Gasteiger partial charge in [-0.2, -0.15) is 0 Å². The highest BCUT2D eigenvalue weighted by Crippen LogP contribution is 2.31. The maximum absolute atomic E-state index is 12.0. The first kappa shape index (κ1) is 12.3. The van der Waals surface area contributed by atoms with Crippen molar-refractivity contribution >= 4 is 23.1 Å². The lowest BCUT2D eigenvalue weighted by molar-refractivity contribution is -0.384. The standard InChI is InChI=1S/C16H11NO3/c18-16-10-12-3-1-2-4-14(12)15(16)9-11-5-7-13(8-6-11)17(19)20/h1-9H,10H2. The van der Waals surface area contributed by atoms with E-state index in [2.05, 4.69) is 0 Å². The van der Waals surface area contributed by atoms with Crippen LogP contribution in [0.5, 0.6) is 0 Å². The third kappa shape index (κ3) is 2.12. The Balaban J connectivity index is 2.00. The predicted octanol–water partition coefficient (Wildman–Crippen LogP) is 3.26. The Kier molecular flexibility index (Phi) is 2.91. The Labute approximate surface area is 115 Å². The van der Waals surface area contributed by atoms with Crippen molar-refractivity contribution in [2.24, 2.45) is 0 Å².